The molecule has 0 heterocycles. The number of rotatable bonds is 12. The predicted molar refractivity (Wildman–Crippen MR) is 139 cm³/mol. The molecule has 0 aliphatic carbocycles. The maximum Gasteiger partial charge on any atom is 0.408 e. The van der Waals surface area contributed by atoms with Gasteiger partial charge in [-0.05, 0) is 30.6 Å². The minimum absolute atomic E-state index is 0.0596. The van der Waals surface area contributed by atoms with E-state index in [0.717, 1.165) is 5.56 Å². The van der Waals surface area contributed by atoms with E-state index in [4.69, 9.17) is 9.16 Å². The molecule has 1 rings (SSSR count). The van der Waals surface area contributed by atoms with Crippen LogP contribution in [0.2, 0.25) is 18.1 Å². The second-order valence-electron chi connectivity index (χ2n) is 10.4. The Hall–Kier alpha value is -2.76. The number of hydrogen-bond donors (Lipinski definition) is 3. The monoisotopic (exact) mass is 523 g/mol. The highest BCUT2D eigenvalue weighted by Crippen LogP contribution is 2.39. The number of Topliss-reactive ketones (excluding diaryl/α,β-unsaturated/α-hetero) is 1. The zero-order valence-electron chi connectivity index (χ0n) is 22.6. The summed E-state index contributed by atoms with van der Waals surface area (Å²) in [5.74, 6) is -0.660. The first-order chi connectivity index (χ1) is 16.6. The second-order valence-corrected chi connectivity index (χ2v) is 15.2. The molecule has 10 nitrogen and oxygen atoms in total. The van der Waals surface area contributed by atoms with E-state index in [-0.39, 0.29) is 18.1 Å². The van der Waals surface area contributed by atoms with E-state index in [1.165, 1.54) is 19.0 Å². The van der Waals surface area contributed by atoms with Crippen molar-refractivity contribution in [1.29, 1.82) is 0 Å². The topological polar surface area (TPSA) is 134 Å². The van der Waals surface area contributed by atoms with Gasteiger partial charge in [0.25, 0.3) is 0 Å². The van der Waals surface area contributed by atoms with Gasteiger partial charge in [0.15, 0.2) is 19.6 Å². The van der Waals surface area contributed by atoms with Crippen LogP contribution in [0.25, 0.3) is 0 Å². The Morgan fingerprint density at radius 2 is 1.72 bits per heavy atom. The van der Waals surface area contributed by atoms with E-state index in [9.17, 15) is 24.3 Å². The standard InChI is InChI=1S/C25H41N3O7Si/c1-18(35-36(7,8)24(2,3)4)25(21(31)14-15-29,27-22(32)28(5)6)20(16-30)26-23(33)34-17-19-12-10-9-11-13-19/h9-13,16,18,20,29H,14-15,17H2,1-8H3,(H,26,33)(H,27,32)/t18-,20-,25-/m0/s1. The summed E-state index contributed by atoms with van der Waals surface area (Å²) in [5, 5.41) is 14.4. The van der Waals surface area contributed by atoms with Crippen LogP contribution < -0.4 is 10.6 Å². The summed E-state index contributed by atoms with van der Waals surface area (Å²) in [4.78, 5) is 52.7. The fourth-order valence-corrected chi connectivity index (χ4v) is 4.78. The number of benzene rings is 1. The number of ether oxygens (including phenoxy) is 1. The summed E-state index contributed by atoms with van der Waals surface area (Å²) in [6.45, 7) is 11.0. The number of amides is 3. The summed E-state index contributed by atoms with van der Waals surface area (Å²) >= 11 is 0. The Morgan fingerprint density at radius 3 is 2.19 bits per heavy atom. The highest BCUT2D eigenvalue weighted by molar-refractivity contribution is 6.74. The molecule has 0 aliphatic rings. The van der Waals surface area contributed by atoms with Gasteiger partial charge >= 0.3 is 12.1 Å². The van der Waals surface area contributed by atoms with Crippen molar-refractivity contribution in [2.45, 2.75) is 76.5 Å². The van der Waals surface area contributed by atoms with Crippen molar-refractivity contribution in [3.63, 3.8) is 0 Å². The van der Waals surface area contributed by atoms with Gasteiger partial charge in [-0.1, -0.05) is 51.1 Å². The van der Waals surface area contributed by atoms with Gasteiger partial charge in [-0.3, -0.25) is 4.79 Å². The number of aliphatic hydroxyl groups is 1. The molecule has 0 fully saturated rings. The lowest BCUT2D eigenvalue weighted by Gasteiger charge is -2.47. The van der Waals surface area contributed by atoms with E-state index in [2.05, 4.69) is 10.6 Å². The van der Waals surface area contributed by atoms with E-state index < -0.39 is 50.5 Å². The Balaban J connectivity index is 3.46. The van der Waals surface area contributed by atoms with Gasteiger partial charge in [0.05, 0.1) is 12.7 Å². The number of carbonyl (C=O) groups excluding carboxylic acids is 4. The van der Waals surface area contributed by atoms with Crippen LogP contribution in [-0.4, -0.2) is 80.9 Å². The van der Waals surface area contributed by atoms with Crippen molar-refractivity contribution in [3.05, 3.63) is 35.9 Å². The van der Waals surface area contributed by atoms with Crippen LogP contribution in [0, 0.1) is 0 Å². The van der Waals surface area contributed by atoms with Crippen LogP contribution in [0.15, 0.2) is 30.3 Å². The zero-order chi connectivity index (χ0) is 27.7. The summed E-state index contributed by atoms with van der Waals surface area (Å²) in [5.41, 5.74) is -1.28. The van der Waals surface area contributed by atoms with Crippen LogP contribution in [0.5, 0.6) is 0 Å². The Bertz CT molecular complexity index is 903. The molecule has 1 aromatic rings. The lowest BCUT2D eigenvalue weighted by Crippen LogP contribution is -2.74. The van der Waals surface area contributed by atoms with Crippen LogP contribution in [0.3, 0.4) is 0 Å². The maximum absolute atomic E-state index is 13.6. The first-order valence-corrected chi connectivity index (χ1v) is 14.8. The van der Waals surface area contributed by atoms with E-state index in [1.54, 1.807) is 31.2 Å². The van der Waals surface area contributed by atoms with Gasteiger partial charge in [0.2, 0.25) is 0 Å². The molecular formula is C25H41N3O7Si. The molecule has 0 radical (unpaired) electrons. The van der Waals surface area contributed by atoms with Crippen LogP contribution in [0.1, 0.15) is 39.7 Å². The largest absolute Gasteiger partial charge is 0.445 e. The fraction of sp³-hybridized carbons (Fsp3) is 0.600. The third kappa shape index (κ3) is 7.87. The molecule has 0 unspecified atom stereocenters. The smallest absolute Gasteiger partial charge is 0.408 e. The Morgan fingerprint density at radius 1 is 1.14 bits per heavy atom. The normalized spacial score (nSPS) is 15.1. The third-order valence-electron chi connectivity index (χ3n) is 6.55. The van der Waals surface area contributed by atoms with Crippen LogP contribution in [0.4, 0.5) is 9.59 Å². The number of nitrogens with one attached hydrogen (secondary N) is 2. The van der Waals surface area contributed by atoms with Gasteiger partial charge in [-0.25, -0.2) is 9.59 Å². The average molecular weight is 524 g/mol. The molecule has 11 heteroatoms. The molecule has 3 amide bonds. The van der Waals surface area contributed by atoms with Gasteiger partial charge in [0.1, 0.15) is 18.9 Å². The SMILES string of the molecule is C[C@H](O[Si](C)(C)C(C)(C)C)[C@@](NC(=O)N(C)C)(C(=O)CCO)[C@H](C=O)NC(=O)OCc1ccccc1. The molecule has 0 bridgehead atoms. The predicted octanol–water partition coefficient (Wildman–Crippen LogP) is 2.85. The molecule has 36 heavy (non-hydrogen) atoms. The summed E-state index contributed by atoms with van der Waals surface area (Å²) in [6, 6.07) is 6.74. The minimum Gasteiger partial charge on any atom is -0.445 e. The molecule has 0 aromatic heterocycles. The lowest BCUT2D eigenvalue weighted by atomic mass is 9.80. The third-order valence-corrected chi connectivity index (χ3v) is 11.1. The zero-order valence-corrected chi connectivity index (χ0v) is 23.6. The lowest BCUT2D eigenvalue weighted by molar-refractivity contribution is -0.134. The average Bonchev–Trinajstić information content (AvgIpc) is 2.79. The Labute approximate surface area is 214 Å². The molecule has 3 N–H and O–H groups in total. The quantitative estimate of drug-likeness (QED) is 0.283. The number of ketones is 1. The van der Waals surface area contributed by atoms with Gasteiger partial charge < -0.3 is 34.6 Å². The minimum atomic E-state index is -2.52. The van der Waals surface area contributed by atoms with Gasteiger partial charge in [-0.15, -0.1) is 0 Å². The van der Waals surface area contributed by atoms with Crippen molar-refractivity contribution in [2.24, 2.45) is 0 Å². The van der Waals surface area contributed by atoms with Crippen molar-refractivity contribution in [2.75, 3.05) is 20.7 Å². The first-order valence-electron chi connectivity index (χ1n) is 11.9. The second kappa shape index (κ2) is 13.0. The summed E-state index contributed by atoms with van der Waals surface area (Å²) in [7, 11) is 0.437. The molecule has 0 aliphatic heterocycles. The highest BCUT2D eigenvalue weighted by atomic mass is 28.4. The summed E-state index contributed by atoms with van der Waals surface area (Å²) < 4.78 is 11.7. The molecule has 1 aromatic carbocycles. The fourth-order valence-electron chi connectivity index (χ4n) is 3.36. The molecule has 202 valence electrons. The molecular weight excluding hydrogens is 482 g/mol. The van der Waals surface area contributed by atoms with E-state index in [1.807, 2.05) is 39.9 Å². The number of urea groups is 1. The molecule has 0 spiro atoms. The number of carbonyl (C=O) groups is 4. The van der Waals surface area contributed by atoms with Crippen LogP contribution in [-0.2, 0) is 25.4 Å². The first kappa shape index (κ1) is 31.3. The maximum atomic E-state index is 13.6. The van der Waals surface area contributed by atoms with Crippen molar-refractivity contribution >= 4 is 32.5 Å². The van der Waals surface area contributed by atoms with Crippen molar-refractivity contribution in [3.8, 4) is 0 Å². The molecule has 0 saturated heterocycles. The number of nitrogens with zero attached hydrogens (tertiary/aromatic N) is 1. The number of aliphatic hydroxyl groups excluding tert-OH is 1. The number of aldehydes is 1. The van der Waals surface area contributed by atoms with Gasteiger partial charge in [-0.2, -0.15) is 0 Å². The van der Waals surface area contributed by atoms with Crippen molar-refractivity contribution < 1.29 is 33.4 Å². The van der Waals surface area contributed by atoms with Gasteiger partial charge in [0, 0.05) is 20.5 Å². The number of hydrogen-bond acceptors (Lipinski definition) is 7. The van der Waals surface area contributed by atoms with Crippen LogP contribution >= 0.6 is 0 Å². The Kier molecular flexibility index (Phi) is 11.3. The molecule has 3 atom stereocenters. The van der Waals surface area contributed by atoms with E-state index >= 15 is 0 Å². The number of alkyl carbamates (subject to hydrolysis) is 1. The highest BCUT2D eigenvalue weighted by Gasteiger charge is 2.54. The van der Waals surface area contributed by atoms with E-state index in [0.29, 0.717) is 6.29 Å². The molecule has 0 saturated carbocycles. The summed E-state index contributed by atoms with van der Waals surface area (Å²) in [6.07, 6.45) is -1.98. The van der Waals surface area contributed by atoms with Crippen molar-refractivity contribution in [1.82, 2.24) is 15.5 Å².